The lowest BCUT2D eigenvalue weighted by atomic mass is 10.0. The quantitative estimate of drug-likeness (QED) is 0.0163. The molecule has 0 aliphatic rings. The summed E-state index contributed by atoms with van der Waals surface area (Å²) in [4.78, 5) is 37.4. The number of hydrogen-bond donors (Lipinski definition) is 1. The van der Waals surface area contributed by atoms with Crippen molar-refractivity contribution < 1.29 is 47.2 Å². The number of ether oxygens (including phenoxy) is 2. The predicted molar refractivity (Wildman–Crippen MR) is 219 cm³/mol. The maximum atomic E-state index is 12.6. The zero-order valence-electron chi connectivity index (χ0n) is 34.8. The summed E-state index contributed by atoms with van der Waals surface area (Å²) in [5.74, 6) is -0.941. The Morgan fingerprint density at radius 1 is 0.685 bits per heavy atom. The maximum absolute atomic E-state index is 12.6. The first-order valence-electron chi connectivity index (χ1n) is 21.0. The van der Waals surface area contributed by atoms with E-state index in [9.17, 15) is 24.2 Å². The molecule has 0 aromatic heterocycles. The molecule has 10 nitrogen and oxygen atoms in total. The van der Waals surface area contributed by atoms with Crippen molar-refractivity contribution in [2.45, 2.75) is 167 Å². The minimum atomic E-state index is -4.65. The van der Waals surface area contributed by atoms with E-state index in [0.29, 0.717) is 36.7 Å². The van der Waals surface area contributed by atoms with Crippen molar-refractivity contribution in [1.82, 2.24) is 0 Å². The normalized spacial score (nSPS) is 14.7. The Kier molecular flexibility index (Phi) is 34.0. The van der Waals surface area contributed by atoms with E-state index in [1.807, 2.05) is 57.6 Å². The summed E-state index contributed by atoms with van der Waals surface area (Å²) < 4.78 is 33.7. The number of phosphoric acid groups is 1. The number of carbonyl (C=O) groups is 2. The highest BCUT2D eigenvalue weighted by Gasteiger charge is 2.21. The van der Waals surface area contributed by atoms with Gasteiger partial charge in [-0.2, -0.15) is 0 Å². The van der Waals surface area contributed by atoms with Gasteiger partial charge in [-0.1, -0.05) is 146 Å². The molecule has 314 valence electrons. The number of phosphoric ester groups is 1. The molecule has 0 heterocycles. The first kappa shape index (κ1) is 51.9. The molecule has 3 unspecified atom stereocenters. The molecule has 0 saturated carbocycles. The molecule has 0 amide bonds. The van der Waals surface area contributed by atoms with Crippen LogP contribution in [0.2, 0.25) is 0 Å². The molecule has 0 aromatic carbocycles. The average Bonchev–Trinajstić information content (AvgIpc) is 3.11. The van der Waals surface area contributed by atoms with Crippen LogP contribution >= 0.6 is 7.82 Å². The summed E-state index contributed by atoms with van der Waals surface area (Å²) in [6.45, 7) is 4.02. The van der Waals surface area contributed by atoms with Crippen LogP contribution in [0.1, 0.15) is 155 Å². The van der Waals surface area contributed by atoms with Crippen LogP contribution in [-0.2, 0) is 32.7 Å². The predicted octanol–water partition coefficient (Wildman–Crippen LogP) is 9.86. The summed E-state index contributed by atoms with van der Waals surface area (Å²) in [6.07, 6.45) is 36.0. The molecule has 0 spiro atoms. The molecule has 0 bridgehead atoms. The van der Waals surface area contributed by atoms with Gasteiger partial charge in [-0.3, -0.25) is 14.2 Å². The highest BCUT2D eigenvalue weighted by molar-refractivity contribution is 7.45. The van der Waals surface area contributed by atoms with Gasteiger partial charge in [-0.25, -0.2) is 0 Å². The standard InChI is InChI=1S/C43H78NO9P/c1-6-8-10-12-14-15-16-17-18-22-26-30-34-42(46)50-38-41(39-52-54(48,49)51-37-36-44(3,4)5)53-43(47)35-31-27-23-20-19-21-25-29-33-40(45)32-28-24-13-11-9-7-2/h20-21,23-25,28-29,33,40-41,45H,6-19,22,26-27,30-32,34-39H2,1-5H3/b23-20-,25-21-,28-24-,33-29+. The molecular weight excluding hydrogens is 705 g/mol. The van der Waals surface area contributed by atoms with Gasteiger partial charge in [0.2, 0.25) is 0 Å². The van der Waals surface area contributed by atoms with Crippen molar-refractivity contribution in [1.29, 1.82) is 0 Å². The SMILES string of the molecule is CCCCC/C=C\CC(O)/C=C/C=C\C/C=C\CCCC(=O)OC(COC(=O)CCCCCCCCCCCCCC)COP(=O)([O-])OCC[N+](C)(C)C. The molecule has 0 radical (unpaired) electrons. The minimum absolute atomic E-state index is 0.0526. The number of allylic oxidation sites excluding steroid dienone is 6. The van der Waals surface area contributed by atoms with Crippen LogP contribution in [0.3, 0.4) is 0 Å². The molecule has 0 aliphatic carbocycles. The van der Waals surface area contributed by atoms with E-state index in [4.69, 9.17) is 18.5 Å². The second-order valence-corrected chi connectivity index (χ2v) is 16.6. The van der Waals surface area contributed by atoms with Gasteiger partial charge in [-0.15, -0.1) is 0 Å². The minimum Gasteiger partial charge on any atom is -0.756 e. The third-order valence-electron chi connectivity index (χ3n) is 8.68. The van der Waals surface area contributed by atoms with Crippen LogP contribution in [0.5, 0.6) is 0 Å². The van der Waals surface area contributed by atoms with Gasteiger partial charge < -0.3 is 33.0 Å². The first-order valence-corrected chi connectivity index (χ1v) is 22.4. The number of aliphatic hydroxyl groups is 1. The number of esters is 2. The molecule has 54 heavy (non-hydrogen) atoms. The average molecular weight is 784 g/mol. The Balaban J connectivity index is 4.57. The first-order chi connectivity index (χ1) is 25.9. The van der Waals surface area contributed by atoms with Crippen LogP contribution in [0, 0.1) is 0 Å². The van der Waals surface area contributed by atoms with E-state index in [-0.39, 0.29) is 26.1 Å². The molecule has 0 rings (SSSR count). The van der Waals surface area contributed by atoms with Crippen LogP contribution in [0.15, 0.2) is 48.6 Å². The van der Waals surface area contributed by atoms with E-state index in [1.165, 1.54) is 77.0 Å². The fourth-order valence-electron chi connectivity index (χ4n) is 5.32. The Morgan fingerprint density at radius 3 is 1.91 bits per heavy atom. The van der Waals surface area contributed by atoms with E-state index < -0.39 is 38.6 Å². The van der Waals surface area contributed by atoms with E-state index in [2.05, 4.69) is 19.9 Å². The maximum Gasteiger partial charge on any atom is 0.306 e. The molecule has 0 aromatic rings. The zero-order chi connectivity index (χ0) is 40.2. The van der Waals surface area contributed by atoms with Crippen LogP contribution in [0.4, 0.5) is 0 Å². The smallest absolute Gasteiger partial charge is 0.306 e. The lowest BCUT2D eigenvalue weighted by Gasteiger charge is -2.28. The van der Waals surface area contributed by atoms with Crippen LogP contribution in [-0.4, -0.2) is 81.2 Å². The van der Waals surface area contributed by atoms with Gasteiger partial charge in [0.25, 0.3) is 7.82 Å². The summed E-state index contributed by atoms with van der Waals surface area (Å²) in [5.41, 5.74) is 0. The number of aliphatic hydroxyl groups excluding tert-OH is 1. The lowest BCUT2D eigenvalue weighted by Crippen LogP contribution is -2.37. The summed E-state index contributed by atoms with van der Waals surface area (Å²) >= 11 is 0. The number of hydrogen-bond acceptors (Lipinski definition) is 9. The molecule has 0 aliphatic heterocycles. The van der Waals surface area contributed by atoms with Crippen molar-refractivity contribution in [3.63, 3.8) is 0 Å². The zero-order valence-corrected chi connectivity index (χ0v) is 35.7. The van der Waals surface area contributed by atoms with Gasteiger partial charge >= 0.3 is 11.9 Å². The number of nitrogens with zero attached hydrogens (tertiary/aromatic N) is 1. The van der Waals surface area contributed by atoms with Crippen LogP contribution in [0.25, 0.3) is 0 Å². The highest BCUT2D eigenvalue weighted by Crippen LogP contribution is 2.38. The number of quaternary nitrogens is 1. The van der Waals surface area contributed by atoms with Gasteiger partial charge in [0, 0.05) is 12.8 Å². The lowest BCUT2D eigenvalue weighted by molar-refractivity contribution is -0.870. The number of rotatable bonds is 37. The van der Waals surface area contributed by atoms with Gasteiger partial charge in [0.15, 0.2) is 6.10 Å². The third-order valence-corrected chi connectivity index (χ3v) is 9.65. The van der Waals surface area contributed by atoms with Crippen molar-refractivity contribution in [3.05, 3.63) is 48.6 Å². The Labute approximate surface area is 329 Å². The summed E-state index contributed by atoms with van der Waals surface area (Å²) in [5, 5.41) is 10.0. The molecular formula is C43H78NO9P. The fraction of sp³-hybridized carbons (Fsp3) is 0.767. The molecule has 3 atom stereocenters. The fourth-order valence-corrected chi connectivity index (χ4v) is 6.05. The van der Waals surface area contributed by atoms with Crippen molar-refractivity contribution in [3.8, 4) is 0 Å². The van der Waals surface area contributed by atoms with Crippen LogP contribution < -0.4 is 4.89 Å². The summed E-state index contributed by atoms with van der Waals surface area (Å²) in [6, 6.07) is 0. The van der Waals surface area contributed by atoms with E-state index in [0.717, 1.165) is 25.7 Å². The third kappa shape index (κ3) is 38.2. The van der Waals surface area contributed by atoms with Gasteiger partial charge in [0.1, 0.15) is 19.8 Å². The molecule has 0 fully saturated rings. The van der Waals surface area contributed by atoms with Crippen molar-refractivity contribution in [2.75, 3.05) is 47.5 Å². The molecule has 11 heteroatoms. The Bertz CT molecular complexity index is 1080. The number of carbonyl (C=O) groups excluding carboxylic acids is 2. The van der Waals surface area contributed by atoms with Crippen molar-refractivity contribution in [2.24, 2.45) is 0 Å². The summed E-state index contributed by atoms with van der Waals surface area (Å²) in [7, 11) is 1.09. The second-order valence-electron chi connectivity index (χ2n) is 15.2. The monoisotopic (exact) mass is 784 g/mol. The van der Waals surface area contributed by atoms with Gasteiger partial charge in [0.05, 0.1) is 33.9 Å². The Hall–Kier alpha value is -2.07. The van der Waals surface area contributed by atoms with E-state index in [1.54, 1.807) is 6.08 Å². The highest BCUT2D eigenvalue weighted by atomic mass is 31.2. The number of unbranched alkanes of at least 4 members (excludes halogenated alkanes) is 15. The van der Waals surface area contributed by atoms with Crippen molar-refractivity contribution >= 4 is 19.8 Å². The van der Waals surface area contributed by atoms with Gasteiger partial charge in [-0.05, 0) is 44.9 Å². The molecule has 1 N–H and O–H groups in total. The topological polar surface area (TPSA) is 131 Å². The molecule has 0 saturated heterocycles. The second kappa shape index (κ2) is 35.4. The number of likely N-dealkylation sites (N-methyl/N-ethyl adjacent to an activating group) is 1. The largest absolute Gasteiger partial charge is 0.756 e. The Morgan fingerprint density at radius 2 is 1.26 bits per heavy atom. The van der Waals surface area contributed by atoms with E-state index >= 15 is 0 Å².